The van der Waals surface area contributed by atoms with Crippen molar-refractivity contribution in [1.29, 1.82) is 0 Å². The zero-order valence-corrected chi connectivity index (χ0v) is 15.4. The average Bonchev–Trinajstić information content (AvgIpc) is 3.13. The van der Waals surface area contributed by atoms with Crippen molar-refractivity contribution in [2.75, 3.05) is 20.8 Å². The van der Waals surface area contributed by atoms with Gasteiger partial charge in [-0.1, -0.05) is 32.8 Å². The first-order chi connectivity index (χ1) is 11.5. The quantitative estimate of drug-likeness (QED) is 0.593. The number of methoxy groups -OCH3 is 2. The van der Waals surface area contributed by atoms with Crippen molar-refractivity contribution in [3.05, 3.63) is 23.8 Å². The maximum absolute atomic E-state index is 6.04. The number of nitrogens with two attached hydrogens (primary N) is 1. The molecule has 0 amide bonds. The third-order valence-electron chi connectivity index (χ3n) is 5.07. The highest BCUT2D eigenvalue weighted by Crippen LogP contribution is 2.38. The molecule has 5 nitrogen and oxygen atoms in total. The molecule has 0 atom stereocenters. The van der Waals surface area contributed by atoms with E-state index in [1.807, 2.05) is 18.2 Å². The highest BCUT2D eigenvalue weighted by Gasteiger charge is 2.31. The first kappa shape index (κ1) is 18.4. The van der Waals surface area contributed by atoms with Crippen LogP contribution in [0.5, 0.6) is 11.5 Å². The Labute approximate surface area is 145 Å². The molecule has 0 saturated heterocycles. The number of benzene rings is 1. The fourth-order valence-electron chi connectivity index (χ4n) is 3.38. The highest BCUT2D eigenvalue weighted by molar-refractivity contribution is 5.77. The van der Waals surface area contributed by atoms with Crippen molar-refractivity contribution < 1.29 is 9.47 Å². The van der Waals surface area contributed by atoms with Crippen molar-refractivity contribution in [2.24, 2.45) is 22.1 Å². The van der Waals surface area contributed by atoms with E-state index in [9.17, 15) is 0 Å². The fraction of sp³-hybridized carbons (Fsp3) is 0.632. The van der Waals surface area contributed by atoms with Crippen LogP contribution in [0.3, 0.4) is 0 Å². The van der Waals surface area contributed by atoms with Crippen LogP contribution in [0, 0.1) is 11.3 Å². The summed E-state index contributed by atoms with van der Waals surface area (Å²) < 4.78 is 10.6. The minimum absolute atomic E-state index is 0.250. The van der Waals surface area contributed by atoms with Gasteiger partial charge in [0.1, 0.15) is 0 Å². The van der Waals surface area contributed by atoms with Gasteiger partial charge in [0.25, 0.3) is 0 Å². The molecule has 134 valence electrons. The zero-order chi connectivity index (χ0) is 17.6. The van der Waals surface area contributed by atoms with E-state index in [1.54, 1.807) is 14.2 Å². The smallest absolute Gasteiger partial charge is 0.188 e. The van der Waals surface area contributed by atoms with E-state index >= 15 is 0 Å². The summed E-state index contributed by atoms with van der Waals surface area (Å²) in [6.45, 7) is 6.01. The molecule has 0 spiro atoms. The van der Waals surface area contributed by atoms with Gasteiger partial charge in [-0.15, -0.1) is 0 Å². The molecule has 0 heterocycles. The standard InChI is InChI=1S/C19H31N3O2/c1-19(2,15-7-5-6-8-15)13-22-18(20)21-12-14-9-10-16(23-3)17(11-14)24-4/h9-11,15H,5-8,12-13H2,1-4H3,(H3,20,21,22). The van der Waals surface area contributed by atoms with Gasteiger partial charge in [-0.2, -0.15) is 0 Å². The van der Waals surface area contributed by atoms with Gasteiger partial charge in [0.15, 0.2) is 17.5 Å². The van der Waals surface area contributed by atoms with Gasteiger partial charge in [0.2, 0.25) is 0 Å². The Hall–Kier alpha value is -1.91. The lowest BCUT2D eigenvalue weighted by Crippen LogP contribution is -2.41. The molecule has 0 bridgehead atoms. The minimum atomic E-state index is 0.250. The number of hydrogen-bond acceptors (Lipinski definition) is 3. The van der Waals surface area contributed by atoms with E-state index in [2.05, 4.69) is 24.2 Å². The first-order valence-corrected chi connectivity index (χ1v) is 8.71. The normalized spacial score (nSPS) is 16.2. The molecule has 2 rings (SSSR count). The second-order valence-electron chi connectivity index (χ2n) is 7.21. The molecule has 1 saturated carbocycles. The first-order valence-electron chi connectivity index (χ1n) is 8.71. The molecular weight excluding hydrogens is 302 g/mol. The molecule has 0 aromatic heterocycles. The van der Waals surface area contributed by atoms with Crippen LogP contribution in [-0.4, -0.2) is 26.7 Å². The molecule has 0 unspecified atom stereocenters. The van der Waals surface area contributed by atoms with Gasteiger partial charge in [0.05, 0.1) is 20.8 Å². The largest absolute Gasteiger partial charge is 0.493 e. The molecule has 24 heavy (non-hydrogen) atoms. The van der Waals surface area contributed by atoms with Crippen LogP contribution >= 0.6 is 0 Å². The van der Waals surface area contributed by atoms with E-state index in [0.717, 1.165) is 23.8 Å². The molecule has 1 aliphatic rings. The Bertz CT molecular complexity index is 564. The molecule has 0 radical (unpaired) electrons. The predicted octanol–water partition coefficient (Wildman–Crippen LogP) is 3.32. The van der Waals surface area contributed by atoms with E-state index < -0.39 is 0 Å². The van der Waals surface area contributed by atoms with Crippen LogP contribution in [0.25, 0.3) is 0 Å². The minimum Gasteiger partial charge on any atom is -0.493 e. The van der Waals surface area contributed by atoms with Gasteiger partial charge in [0, 0.05) is 6.54 Å². The van der Waals surface area contributed by atoms with E-state index in [4.69, 9.17) is 15.2 Å². The number of rotatable bonds is 7. The van der Waals surface area contributed by atoms with E-state index in [1.165, 1.54) is 25.7 Å². The number of guanidine groups is 1. The molecule has 3 N–H and O–H groups in total. The summed E-state index contributed by atoms with van der Waals surface area (Å²) in [7, 11) is 3.26. The second-order valence-corrected chi connectivity index (χ2v) is 7.21. The Morgan fingerprint density at radius 2 is 1.88 bits per heavy atom. The third kappa shape index (κ3) is 4.79. The molecule has 1 aromatic carbocycles. The van der Waals surface area contributed by atoms with Crippen LogP contribution < -0.4 is 20.5 Å². The Morgan fingerprint density at radius 1 is 1.21 bits per heavy atom. The number of hydrogen-bond donors (Lipinski definition) is 2. The lowest BCUT2D eigenvalue weighted by atomic mass is 9.78. The topological polar surface area (TPSA) is 68.9 Å². The maximum atomic E-state index is 6.04. The SMILES string of the molecule is COc1ccc(CN=C(N)NCC(C)(C)C2CCCC2)cc1OC. The summed E-state index contributed by atoms with van der Waals surface area (Å²) in [6.07, 6.45) is 5.38. The van der Waals surface area contributed by atoms with Gasteiger partial charge in [-0.25, -0.2) is 4.99 Å². The molecule has 1 aromatic rings. The van der Waals surface area contributed by atoms with Gasteiger partial charge in [-0.3, -0.25) is 0 Å². The number of aliphatic imine (C=N–C) groups is 1. The Morgan fingerprint density at radius 3 is 2.50 bits per heavy atom. The molecular formula is C19H31N3O2. The highest BCUT2D eigenvalue weighted by atomic mass is 16.5. The van der Waals surface area contributed by atoms with Crippen LogP contribution in [-0.2, 0) is 6.54 Å². The van der Waals surface area contributed by atoms with Crippen molar-refractivity contribution in [2.45, 2.75) is 46.1 Å². The Kier molecular flexibility index (Phi) is 6.35. The summed E-state index contributed by atoms with van der Waals surface area (Å²) in [5, 5.41) is 3.29. The lowest BCUT2D eigenvalue weighted by Gasteiger charge is -2.32. The van der Waals surface area contributed by atoms with Gasteiger partial charge >= 0.3 is 0 Å². The van der Waals surface area contributed by atoms with E-state index in [0.29, 0.717) is 18.3 Å². The summed E-state index contributed by atoms with van der Waals surface area (Å²) in [4.78, 5) is 4.44. The van der Waals surface area contributed by atoms with Gasteiger partial charge in [-0.05, 0) is 41.9 Å². The number of ether oxygens (including phenoxy) is 2. The molecule has 0 aliphatic heterocycles. The summed E-state index contributed by atoms with van der Waals surface area (Å²) in [5.41, 5.74) is 7.32. The van der Waals surface area contributed by atoms with Crippen LogP contribution in [0.15, 0.2) is 23.2 Å². The van der Waals surface area contributed by atoms with Gasteiger partial charge < -0.3 is 20.5 Å². The summed E-state index contributed by atoms with van der Waals surface area (Å²) in [5.74, 6) is 2.70. The monoisotopic (exact) mass is 333 g/mol. The summed E-state index contributed by atoms with van der Waals surface area (Å²) in [6, 6.07) is 5.79. The van der Waals surface area contributed by atoms with Crippen molar-refractivity contribution in [1.82, 2.24) is 5.32 Å². The number of nitrogens with zero attached hydrogens (tertiary/aromatic N) is 1. The fourth-order valence-corrected chi connectivity index (χ4v) is 3.38. The zero-order valence-electron chi connectivity index (χ0n) is 15.4. The van der Waals surface area contributed by atoms with Crippen molar-refractivity contribution >= 4 is 5.96 Å². The summed E-state index contributed by atoms with van der Waals surface area (Å²) >= 11 is 0. The lowest BCUT2D eigenvalue weighted by molar-refractivity contribution is 0.218. The molecule has 5 heteroatoms. The van der Waals surface area contributed by atoms with E-state index in [-0.39, 0.29) is 5.41 Å². The third-order valence-corrected chi connectivity index (χ3v) is 5.07. The second kappa shape index (κ2) is 8.27. The average molecular weight is 333 g/mol. The van der Waals surface area contributed by atoms with Crippen LogP contribution in [0.4, 0.5) is 0 Å². The molecule has 1 fully saturated rings. The molecule has 1 aliphatic carbocycles. The van der Waals surface area contributed by atoms with Crippen molar-refractivity contribution in [3.63, 3.8) is 0 Å². The predicted molar refractivity (Wildman–Crippen MR) is 98.6 cm³/mol. The maximum Gasteiger partial charge on any atom is 0.188 e. The number of nitrogens with one attached hydrogen (secondary N) is 1. The van der Waals surface area contributed by atoms with Crippen LogP contribution in [0.2, 0.25) is 0 Å². The van der Waals surface area contributed by atoms with Crippen molar-refractivity contribution in [3.8, 4) is 11.5 Å². The van der Waals surface area contributed by atoms with Crippen LogP contribution in [0.1, 0.15) is 45.1 Å². The Balaban J connectivity index is 1.89.